The molecule has 1 aromatic heterocycles. The topological polar surface area (TPSA) is 48.0 Å². The molecule has 1 heterocycles. The summed E-state index contributed by atoms with van der Waals surface area (Å²) in [6.07, 6.45) is -3.38. The van der Waals surface area contributed by atoms with Crippen LogP contribution in [0.1, 0.15) is 23.3 Å². The highest BCUT2D eigenvalue weighted by molar-refractivity contribution is 5.93. The van der Waals surface area contributed by atoms with Gasteiger partial charge in [0.1, 0.15) is 6.04 Å². The van der Waals surface area contributed by atoms with Gasteiger partial charge in [-0.1, -0.05) is 18.2 Å². The predicted molar refractivity (Wildman–Crippen MR) is 68.5 cm³/mol. The Labute approximate surface area is 113 Å². The molecule has 2 rings (SSSR count). The van der Waals surface area contributed by atoms with E-state index in [4.69, 9.17) is 5.73 Å². The zero-order chi connectivity index (χ0) is 13.5. The molecular weight excluding hydrogens is 281 g/mol. The molecule has 0 fully saturated rings. The second-order valence-corrected chi connectivity index (χ2v) is 4.01. The number of nitrogens with zero attached hydrogens (tertiary/aromatic N) is 1. The summed E-state index contributed by atoms with van der Waals surface area (Å²) in [5.41, 5.74) is 5.54. The van der Waals surface area contributed by atoms with Crippen LogP contribution < -0.4 is 5.73 Å². The van der Waals surface area contributed by atoms with Gasteiger partial charge < -0.3 is 5.73 Å². The number of carbonyl (C=O) groups excluding carboxylic acids is 1. The third-order valence-electron chi connectivity index (χ3n) is 2.77. The average molecular weight is 293 g/mol. The Bertz CT molecular complexity index is 607. The zero-order valence-electron chi connectivity index (χ0n) is 9.94. The summed E-state index contributed by atoms with van der Waals surface area (Å²) < 4.78 is 39.1. The molecule has 19 heavy (non-hydrogen) atoms. The van der Waals surface area contributed by atoms with Crippen LogP contribution in [-0.4, -0.2) is 16.7 Å². The number of hydrogen-bond acceptors (Lipinski definition) is 2. The largest absolute Gasteiger partial charge is 0.407 e. The number of para-hydroxylation sites is 1. The second-order valence-electron chi connectivity index (χ2n) is 4.01. The van der Waals surface area contributed by atoms with Crippen LogP contribution in [0.2, 0.25) is 0 Å². The van der Waals surface area contributed by atoms with E-state index < -0.39 is 12.2 Å². The minimum absolute atomic E-state index is 0. The Kier molecular flexibility index (Phi) is 4.27. The first kappa shape index (κ1) is 15.5. The molecule has 0 amide bonds. The fraction of sp³-hybridized carbons (Fsp3) is 0.250. The van der Waals surface area contributed by atoms with E-state index in [1.54, 1.807) is 18.2 Å². The van der Waals surface area contributed by atoms with E-state index in [1.165, 1.54) is 17.6 Å². The minimum Gasteiger partial charge on any atom is -0.316 e. The van der Waals surface area contributed by atoms with Gasteiger partial charge in [0.25, 0.3) is 0 Å². The van der Waals surface area contributed by atoms with Gasteiger partial charge in [-0.15, -0.1) is 12.4 Å². The van der Waals surface area contributed by atoms with Crippen LogP contribution in [0.5, 0.6) is 0 Å². The van der Waals surface area contributed by atoms with Gasteiger partial charge in [0, 0.05) is 24.1 Å². The summed E-state index contributed by atoms with van der Waals surface area (Å²) >= 11 is 0. The summed E-state index contributed by atoms with van der Waals surface area (Å²) in [6.45, 7) is 1.29. The van der Waals surface area contributed by atoms with Crippen LogP contribution in [-0.2, 0) is 0 Å². The zero-order valence-corrected chi connectivity index (χ0v) is 10.8. The van der Waals surface area contributed by atoms with Crippen molar-refractivity contribution in [1.29, 1.82) is 0 Å². The van der Waals surface area contributed by atoms with Crippen LogP contribution >= 0.6 is 12.4 Å². The van der Waals surface area contributed by atoms with E-state index in [0.29, 0.717) is 10.9 Å². The lowest BCUT2D eigenvalue weighted by molar-refractivity contribution is -0.148. The summed E-state index contributed by atoms with van der Waals surface area (Å²) in [5, 5.41) is 0.345. The molecule has 7 heteroatoms. The van der Waals surface area contributed by atoms with Crippen molar-refractivity contribution in [3.63, 3.8) is 0 Å². The van der Waals surface area contributed by atoms with Crippen molar-refractivity contribution in [2.24, 2.45) is 5.73 Å². The number of fused-ring (bicyclic) bond motifs is 1. The number of aromatic nitrogens is 1. The van der Waals surface area contributed by atoms with E-state index in [-0.39, 0.29) is 23.9 Å². The van der Waals surface area contributed by atoms with Gasteiger partial charge >= 0.3 is 6.18 Å². The van der Waals surface area contributed by atoms with Gasteiger partial charge in [-0.3, -0.25) is 9.36 Å². The van der Waals surface area contributed by atoms with Crippen LogP contribution in [0.4, 0.5) is 13.2 Å². The Hall–Kier alpha value is -1.53. The molecule has 2 N–H and O–H groups in total. The fourth-order valence-electron chi connectivity index (χ4n) is 1.89. The number of hydrogen-bond donors (Lipinski definition) is 1. The maximum atomic E-state index is 12.7. The number of nitrogens with two attached hydrogens (primary N) is 1. The SMILES string of the molecule is CC(=O)n1cc([C@H](N)C(F)(F)F)c2ccccc21.Cl. The molecule has 0 radical (unpaired) electrons. The molecule has 0 unspecified atom stereocenters. The molecule has 2 aromatic rings. The molecule has 0 aliphatic rings. The normalized spacial score (nSPS) is 13.1. The average Bonchev–Trinajstić information content (AvgIpc) is 2.66. The summed E-state index contributed by atoms with van der Waals surface area (Å²) in [4.78, 5) is 11.4. The van der Waals surface area contributed by atoms with Gasteiger partial charge in [-0.05, 0) is 6.07 Å². The smallest absolute Gasteiger partial charge is 0.316 e. The van der Waals surface area contributed by atoms with Crippen molar-refractivity contribution in [2.75, 3.05) is 0 Å². The van der Waals surface area contributed by atoms with Crippen LogP contribution in [0.3, 0.4) is 0 Å². The Morgan fingerprint density at radius 3 is 2.42 bits per heavy atom. The maximum absolute atomic E-state index is 12.7. The highest BCUT2D eigenvalue weighted by Crippen LogP contribution is 2.35. The number of carbonyl (C=O) groups is 1. The number of alkyl halides is 3. The highest BCUT2D eigenvalue weighted by atomic mass is 35.5. The Balaban J connectivity index is 0.00000180. The quantitative estimate of drug-likeness (QED) is 0.877. The molecule has 104 valence electrons. The van der Waals surface area contributed by atoms with Gasteiger partial charge in [0.2, 0.25) is 5.91 Å². The molecular formula is C12H12ClF3N2O. The lowest BCUT2D eigenvalue weighted by Crippen LogP contribution is -2.28. The molecule has 0 saturated carbocycles. The van der Waals surface area contributed by atoms with Crippen molar-refractivity contribution >= 4 is 29.2 Å². The highest BCUT2D eigenvalue weighted by Gasteiger charge is 2.39. The van der Waals surface area contributed by atoms with Crippen molar-refractivity contribution in [3.8, 4) is 0 Å². The van der Waals surface area contributed by atoms with E-state index in [0.717, 1.165) is 6.20 Å². The number of halogens is 4. The molecule has 1 aromatic carbocycles. The first-order valence-corrected chi connectivity index (χ1v) is 5.25. The summed E-state index contributed by atoms with van der Waals surface area (Å²) in [5.74, 6) is -0.355. The lowest BCUT2D eigenvalue weighted by atomic mass is 10.1. The third kappa shape index (κ3) is 2.74. The van der Waals surface area contributed by atoms with E-state index >= 15 is 0 Å². The molecule has 0 saturated heterocycles. The minimum atomic E-state index is -4.54. The standard InChI is InChI=1S/C12H11F3N2O.ClH/c1-7(18)17-6-9(11(16)12(13,14)15)8-4-2-3-5-10(8)17;/h2-6,11H,16H2,1H3;1H/t11-;/m0./s1. The van der Waals surface area contributed by atoms with Crippen molar-refractivity contribution < 1.29 is 18.0 Å². The molecule has 0 aliphatic carbocycles. The summed E-state index contributed by atoms with van der Waals surface area (Å²) in [7, 11) is 0. The first-order valence-electron chi connectivity index (χ1n) is 5.25. The fourth-order valence-corrected chi connectivity index (χ4v) is 1.89. The Morgan fingerprint density at radius 2 is 1.89 bits per heavy atom. The van der Waals surface area contributed by atoms with Crippen molar-refractivity contribution in [2.45, 2.75) is 19.1 Å². The molecule has 0 aliphatic heterocycles. The van der Waals surface area contributed by atoms with Gasteiger partial charge in [0.15, 0.2) is 0 Å². The van der Waals surface area contributed by atoms with Crippen LogP contribution in [0.25, 0.3) is 10.9 Å². The molecule has 1 atom stereocenters. The van der Waals surface area contributed by atoms with Gasteiger partial charge in [-0.25, -0.2) is 0 Å². The van der Waals surface area contributed by atoms with E-state index in [9.17, 15) is 18.0 Å². The number of benzene rings is 1. The van der Waals surface area contributed by atoms with Crippen molar-refractivity contribution in [1.82, 2.24) is 4.57 Å². The van der Waals surface area contributed by atoms with Crippen molar-refractivity contribution in [3.05, 3.63) is 36.0 Å². The predicted octanol–water partition coefficient (Wildman–Crippen LogP) is 3.29. The maximum Gasteiger partial charge on any atom is 0.407 e. The van der Waals surface area contributed by atoms with Crippen LogP contribution in [0, 0.1) is 0 Å². The van der Waals surface area contributed by atoms with Gasteiger partial charge in [-0.2, -0.15) is 13.2 Å². The monoisotopic (exact) mass is 292 g/mol. The van der Waals surface area contributed by atoms with E-state index in [2.05, 4.69) is 0 Å². The third-order valence-corrected chi connectivity index (χ3v) is 2.77. The van der Waals surface area contributed by atoms with Crippen LogP contribution in [0.15, 0.2) is 30.5 Å². The molecule has 0 bridgehead atoms. The Morgan fingerprint density at radius 1 is 1.32 bits per heavy atom. The lowest BCUT2D eigenvalue weighted by Gasteiger charge is -2.14. The molecule has 0 spiro atoms. The molecule has 3 nitrogen and oxygen atoms in total. The summed E-state index contributed by atoms with van der Waals surface area (Å²) in [6, 6.07) is 4.28. The van der Waals surface area contributed by atoms with E-state index in [1.807, 2.05) is 0 Å². The first-order chi connectivity index (χ1) is 8.32. The number of rotatable bonds is 1. The second kappa shape index (κ2) is 5.22. The van der Waals surface area contributed by atoms with Gasteiger partial charge in [0.05, 0.1) is 5.52 Å².